The van der Waals surface area contributed by atoms with E-state index in [1.54, 1.807) is 6.33 Å². The Morgan fingerprint density at radius 2 is 1.82 bits per heavy atom. The van der Waals surface area contributed by atoms with E-state index in [-0.39, 0.29) is 12.1 Å². The van der Waals surface area contributed by atoms with Gasteiger partial charge in [-0.3, -0.25) is 0 Å². The standard InChI is InChI=1S/C17H12ClN3O/c18-13-9-5-4-8-12(13)15-17(22-15,11-6-2-1-3-7-11)14-16-19-10-21(14)20-16/h1-10,14-15H. The lowest BCUT2D eigenvalue weighted by molar-refractivity contribution is 0.203. The van der Waals surface area contributed by atoms with Crippen molar-refractivity contribution in [2.75, 3.05) is 0 Å². The molecule has 3 aliphatic heterocycles. The van der Waals surface area contributed by atoms with E-state index in [0.29, 0.717) is 0 Å². The molecule has 1 aromatic heterocycles. The zero-order chi connectivity index (χ0) is 14.7. The molecular weight excluding hydrogens is 298 g/mol. The first-order valence-electron chi connectivity index (χ1n) is 7.19. The first kappa shape index (κ1) is 12.4. The van der Waals surface area contributed by atoms with Crippen LogP contribution in [0, 0.1) is 0 Å². The van der Waals surface area contributed by atoms with E-state index in [1.165, 1.54) is 0 Å². The molecule has 4 heterocycles. The SMILES string of the molecule is Clc1ccccc1C1OC1(c1ccccc1)C1c2ncn1n2. The summed E-state index contributed by atoms with van der Waals surface area (Å²) in [5, 5.41) is 5.04. The monoisotopic (exact) mass is 309 g/mol. The number of aromatic nitrogens is 3. The van der Waals surface area contributed by atoms with Gasteiger partial charge in [0.2, 0.25) is 0 Å². The van der Waals surface area contributed by atoms with Gasteiger partial charge < -0.3 is 4.74 Å². The third-order valence-electron chi connectivity index (χ3n) is 4.50. The Bertz CT molecular complexity index is 837. The number of rotatable bonds is 3. The lowest BCUT2D eigenvalue weighted by atomic mass is 9.84. The first-order valence-corrected chi connectivity index (χ1v) is 7.57. The van der Waals surface area contributed by atoms with Crippen LogP contribution in [0.15, 0.2) is 60.9 Å². The van der Waals surface area contributed by atoms with E-state index in [9.17, 15) is 0 Å². The third kappa shape index (κ3) is 1.46. The molecule has 3 unspecified atom stereocenters. The molecule has 22 heavy (non-hydrogen) atoms. The van der Waals surface area contributed by atoms with Crippen LogP contribution in [0.3, 0.4) is 0 Å². The van der Waals surface area contributed by atoms with Gasteiger partial charge in [0, 0.05) is 10.6 Å². The summed E-state index contributed by atoms with van der Waals surface area (Å²) in [7, 11) is 0. The van der Waals surface area contributed by atoms with E-state index in [1.807, 2.05) is 47.1 Å². The van der Waals surface area contributed by atoms with Gasteiger partial charge in [-0.05, 0) is 11.6 Å². The summed E-state index contributed by atoms with van der Waals surface area (Å²) in [5.41, 5.74) is 1.69. The Morgan fingerprint density at radius 1 is 1.05 bits per heavy atom. The van der Waals surface area contributed by atoms with Crippen molar-refractivity contribution in [2.24, 2.45) is 0 Å². The van der Waals surface area contributed by atoms with Crippen LogP contribution in [0.4, 0.5) is 0 Å². The van der Waals surface area contributed by atoms with Crippen molar-refractivity contribution in [3.63, 3.8) is 0 Å². The summed E-state index contributed by atoms with van der Waals surface area (Å²) in [6.07, 6.45) is 1.68. The highest BCUT2D eigenvalue weighted by Crippen LogP contribution is 2.66. The lowest BCUT2D eigenvalue weighted by Gasteiger charge is -2.27. The van der Waals surface area contributed by atoms with Gasteiger partial charge in [-0.25, -0.2) is 9.67 Å². The summed E-state index contributed by atoms with van der Waals surface area (Å²) in [6, 6.07) is 18.1. The molecule has 3 aliphatic rings. The van der Waals surface area contributed by atoms with Crippen LogP contribution in [0.25, 0.3) is 0 Å². The second-order valence-electron chi connectivity index (χ2n) is 5.66. The second kappa shape index (κ2) is 4.18. The number of halogens is 1. The van der Waals surface area contributed by atoms with E-state index in [2.05, 4.69) is 22.2 Å². The average Bonchev–Trinajstić information content (AvgIpc) is 2.90. The molecule has 108 valence electrons. The maximum atomic E-state index is 6.37. The smallest absolute Gasteiger partial charge is 0.178 e. The number of hydrogen-bond donors (Lipinski definition) is 0. The van der Waals surface area contributed by atoms with Crippen molar-refractivity contribution in [3.05, 3.63) is 82.9 Å². The molecule has 3 atom stereocenters. The minimum absolute atomic E-state index is 0.0381. The molecule has 1 saturated heterocycles. The largest absolute Gasteiger partial charge is 0.353 e. The van der Waals surface area contributed by atoms with Crippen LogP contribution in [0.1, 0.15) is 29.1 Å². The number of epoxide rings is 1. The average molecular weight is 310 g/mol. The van der Waals surface area contributed by atoms with Gasteiger partial charge in [0.25, 0.3) is 0 Å². The summed E-state index contributed by atoms with van der Waals surface area (Å²) < 4.78 is 8.13. The number of fused-ring (bicyclic) bond motifs is 1. The Balaban J connectivity index is 1.63. The van der Waals surface area contributed by atoms with E-state index >= 15 is 0 Å². The Kier molecular flexibility index (Phi) is 2.35. The van der Waals surface area contributed by atoms with Gasteiger partial charge >= 0.3 is 0 Å². The first-order chi connectivity index (χ1) is 10.8. The van der Waals surface area contributed by atoms with Gasteiger partial charge in [-0.2, -0.15) is 5.10 Å². The van der Waals surface area contributed by atoms with Crippen LogP contribution in [-0.2, 0) is 10.3 Å². The van der Waals surface area contributed by atoms with Crippen LogP contribution < -0.4 is 0 Å². The molecule has 0 amide bonds. The number of hydrogen-bond acceptors (Lipinski definition) is 3. The maximum Gasteiger partial charge on any atom is 0.178 e. The molecule has 2 bridgehead atoms. The van der Waals surface area contributed by atoms with Crippen molar-refractivity contribution in [2.45, 2.75) is 17.7 Å². The van der Waals surface area contributed by atoms with Crippen molar-refractivity contribution < 1.29 is 4.74 Å². The molecule has 0 aliphatic carbocycles. The van der Waals surface area contributed by atoms with Crippen molar-refractivity contribution in [1.29, 1.82) is 0 Å². The van der Waals surface area contributed by atoms with Crippen molar-refractivity contribution >= 4 is 11.6 Å². The fourth-order valence-electron chi connectivity index (χ4n) is 3.42. The highest BCUT2D eigenvalue weighted by Gasteiger charge is 2.68. The predicted molar refractivity (Wildman–Crippen MR) is 81.6 cm³/mol. The number of ether oxygens (including phenoxy) is 1. The summed E-state index contributed by atoms with van der Waals surface area (Å²) in [6.45, 7) is 0. The molecule has 0 radical (unpaired) electrons. The predicted octanol–water partition coefficient (Wildman–Crippen LogP) is 3.50. The fourth-order valence-corrected chi connectivity index (χ4v) is 3.65. The Morgan fingerprint density at radius 3 is 2.50 bits per heavy atom. The lowest BCUT2D eigenvalue weighted by Crippen LogP contribution is -2.33. The quantitative estimate of drug-likeness (QED) is 0.695. The number of benzene rings is 2. The van der Waals surface area contributed by atoms with E-state index in [0.717, 1.165) is 22.0 Å². The molecule has 0 N–H and O–H groups in total. The molecule has 1 fully saturated rings. The molecular formula is C17H12ClN3O. The molecule has 5 heteroatoms. The zero-order valence-electron chi connectivity index (χ0n) is 11.6. The zero-order valence-corrected chi connectivity index (χ0v) is 12.3. The van der Waals surface area contributed by atoms with Gasteiger partial charge in [0.15, 0.2) is 17.5 Å². The van der Waals surface area contributed by atoms with Crippen molar-refractivity contribution in [1.82, 2.24) is 14.8 Å². The molecule has 3 aromatic rings. The van der Waals surface area contributed by atoms with Crippen LogP contribution in [-0.4, -0.2) is 14.8 Å². The Hall–Kier alpha value is -2.17. The third-order valence-corrected chi connectivity index (χ3v) is 4.84. The van der Waals surface area contributed by atoms with Crippen LogP contribution in [0.2, 0.25) is 5.02 Å². The fraction of sp³-hybridized carbons (Fsp3) is 0.176. The highest BCUT2D eigenvalue weighted by molar-refractivity contribution is 6.31. The molecule has 6 rings (SSSR count). The molecule has 0 saturated carbocycles. The van der Waals surface area contributed by atoms with Gasteiger partial charge in [-0.1, -0.05) is 60.1 Å². The van der Waals surface area contributed by atoms with Gasteiger partial charge in [0.1, 0.15) is 12.4 Å². The van der Waals surface area contributed by atoms with E-state index < -0.39 is 5.60 Å². The summed E-state index contributed by atoms with van der Waals surface area (Å²) >= 11 is 6.37. The maximum absolute atomic E-state index is 6.37. The van der Waals surface area contributed by atoms with E-state index in [4.69, 9.17) is 16.3 Å². The van der Waals surface area contributed by atoms with Crippen molar-refractivity contribution in [3.8, 4) is 0 Å². The summed E-state index contributed by atoms with van der Waals surface area (Å²) in [5.74, 6) is 0.832. The van der Waals surface area contributed by atoms with Gasteiger partial charge in [-0.15, -0.1) is 0 Å². The molecule has 4 nitrogen and oxygen atoms in total. The minimum Gasteiger partial charge on any atom is -0.353 e. The molecule has 0 spiro atoms. The van der Waals surface area contributed by atoms with Crippen LogP contribution >= 0.6 is 11.6 Å². The minimum atomic E-state index is -0.458. The van der Waals surface area contributed by atoms with Gasteiger partial charge in [0.05, 0.1) is 0 Å². The highest BCUT2D eigenvalue weighted by atomic mass is 35.5. The Labute approximate surface area is 132 Å². The second-order valence-corrected chi connectivity index (χ2v) is 6.07. The summed E-state index contributed by atoms with van der Waals surface area (Å²) in [4.78, 5) is 4.31. The van der Waals surface area contributed by atoms with Crippen LogP contribution in [0.5, 0.6) is 0 Å². The normalized spacial score (nSPS) is 28.2. The number of nitrogens with zero attached hydrogens (tertiary/aromatic N) is 3. The topological polar surface area (TPSA) is 43.2 Å². The molecule has 2 aromatic carbocycles.